The number of aryl methyl sites for hydroxylation is 1. The smallest absolute Gasteiger partial charge is 0.240 e. The van der Waals surface area contributed by atoms with Crippen LogP contribution >= 0.6 is 0 Å². The summed E-state index contributed by atoms with van der Waals surface area (Å²) < 4.78 is 0. The van der Waals surface area contributed by atoms with E-state index in [1.165, 1.54) is 0 Å². The molecular weight excluding hydrogens is 242 g/mol. The van der Waals surface area contributed by atoms with Crippen molar-refractivity contribution in [1.29, 1.82) is 0 Å². The van der Waals surface area contributed by atoms with E-state index in [0.717, 1.165) is 22.5 Å². The molecule has 0 unspecified atom stereocenters. The molecule has 0 bridgehead atoms. The maximum Gasteiger partial charge on any atom is 0.240 e. The number of carbonyl (C=O) groups is 2. The van der Waals surface area contributed by atoms with Crippen molar-refractivity contribution < 1.29 is 9.59 Å². The average molecular weight is 261 g/mol. The summed E-state index contributed by atoms with van der Waals surface area (Å²) in [6.07, 6.45) is 0.315. The van der Waals surface area contributed by atoms with Crippen LogP contribution in [0.5, 0.6) is 0 Å². The summed E-state index contributed by atoms with van der Waals surface area (Å²) in [5.41, 5.74) is 9.15. The average Bonchev–Trinajstić information content (AvgIpc) is 2.52. The van der Waals surface area contributed by atoms with E-state index >= 15 is 0 Å². The van der Waals surface area contributed by atoms with Crippen LogP contribution in [0.25, 0.3) is 0 Å². The van der Waals surface area contributed by atoms with Crippen LogP contribution < -0.4 is 15.5 Å². The van der Waals surface area contributed by atoms with Crippen LogP contribution in [0.4, 0.5) is 11.4 Å². The van der Waals surface area contributed by atoms with Crippen molar-refractivity contribution in [2.45, 2.75) is 20.3 Å². The first-order valence-electron chi connectivity index (χ1n) is 6.34. The minimum Gasteiger partial charge on any atom is -0.322 e. The standard InChI is InChI=1S/C14H19N3O2/c1-9-4-5-11-14(10(9)2)16(3)12(18)6-7-17(11)13(19)8-15/h4-5H,6-8,15H2,1-3H3. The molecule has 0 fully saturated rings. The highest BCUT2D eigenvalue weighted by molar-refractivity contribution is 6.06. The van der Waals surface area contributed by atoms with E-state index in [1.54, 1.807) is 16.8 Å². The summed E-state index contributed by atoms with van der Waals surface area (Å²) in [6, 6.07) is 3.86. The molecule has 1 aliphatic rings. The van der Waals surface area contributed by atoms with Crippen molar-refractivity contribution in [3.63, 3.8) is 0 Å². The molecule has 102 valence electrons. The van der Waals surface area contributed by atoms with Crippen molar-refractivity contribution >= 4 is 23.2 Å². The van der Waals surface area contributed by atoms with Crippen molar-refractivity contribution in [1.82, 2.24) is 0 Å². The Morgan fingerprint density at radius 3 is 2.68 bits per heavy atom. The Labute approximate surface area is 113 Å². The molecule has 1 aromatic rings. The molecule has 2 rings (SSSR count). The lowest BCUT2D eigenvalue weighted by atomic mass is 10.0. The van der Waals surface area contributed by atoms with Gasteiger partial charge in [-0.1, -0.05) is 6.07 Å². The van der Waals surface area contributed by atoms with Gasteiger partial charge in [0.25, 0.3) is 0 Å². The van der Waals surface area contributed by atoms with Gasteiger partial charge in [-0.25, -0.2) is 0 Å². The van der Waals surface area contributed by atoms with Crippen LogP contribution in [0.2, 0.25) is 0 Å². The Balaban J connectivity index is 2.64. The van der Waals surface area contributed by atoms with E-state index < -0.39 is 0 Å². The third-order valence-electron chi connectivity index (χ3n) is 3.71. The molecule has 0 aromatic heterocycles. The van der Waals surface area contributed by atoms with Gasteiger partial charge in [0.05, 0.1) is 17.9 Å². The first kappa shape index (κ1) is 13.5. The lowest BCUT2D eigenvalue weighted by Gasteiger charge is -2.25. The maximum atomic E-state index is 12.1. The molecule has 1 heterocycles. The summed E-state index contributed by atoms with van der Waals surface area (Å²) in [5.74, 6) is -0.144. The van der Waals surface area contributed by atoms with E-state index in [1.807, 2.05) is 26.0 Å². The van der Waals surface area contributed by atoms with Crippen molar-refractivity contribution in [2.24, 2.45) is 5.73 Å². The van der Waals surface area contributed by atoms with Crippen LogP contribution in [0, 0.1) is 13.8 Å². The zero-order valence-electron chi connectivity index (χ0n) is 11.6. The van der Waals surface area contributed by atoms with Crippen LogP contribution in [0.15, 0.2) is 12.1 Å². The monoisotopic (exact) mass is 261 g/mol. The topological polar surface area (TPSA) is 66.6 Å². The van der Waals surface area contributed by atoms with Gasteiger partial charge in [-0.05, 0) is 31.0 Å². The summed E-state index contributed by atoms with van der Waals surface area (Å²) in [7, 11) is 1.75. The molecule has 5 nitrogen and oxygen atoms in total. The zero-order chi connectivity index (χ0) is 14.2. The second-order valence-corrected chi connectivity index (χ2v) is 4.83. The number of fused-ring (bicyclic) bond motifs is 1. The normalized spacial score (nSPS) is 15.3. The van der Waals surface area contributed by atoms with E-state index in [0.29, 0.717) is 13.0 Å². The van der Waals surface area contributed by atoms with Crippen molar-refractivity contribution in [3.8, 4) is 0 Å². The molecule has 1 aromatic carbocycles. The molecule has 0 radical (unpaired) electrons. The Hall–Kier alpha value is -1.88. The number of benzene rings is 1. The fourth-order valence-electron chi connectivity index (χ4n) is 2.42. The van der Waals surface area contributed by atoms with Crippen LogP contribution in [0.1, 0.15) is 17.5 Å². The van der Waals surface area contributed by atoms with Crippen LogP contribution in [-0.2, 0) is 9.59 Å². The molecule has 0 saturated carbocycles. The Bertz CT molecular complexity index is 540. The zero-order valence-corrected chi connectivity index (χ0v) is 11.6. The summed E-state index contributed by atoms with van der Waals surface area (Å²) >= 11 is 0. The molecule has 0 aliphatic carbocycles. The highest BCUT2D eigenvalue weighted by Gasteiger charge is 2.28. The van der Waals surface area contributed by atoms with Gasteiger partial charge in [0.1, 0.15) is 0 Å². The minimum atomic E-state index is -0.160. The number of anilines is 2. The molecule has 19 heavy (non-hydrogen) atoms. The predicted molar refractivity (Wildman–Crippen MR) is 75.4 cm³/mol. The molecular formula is C14H19N3O2. The van der Waals surface area contributed by atoms with Gasteiger partial charge in [-0.15, -0.1) is 0 Å². The second kappa shape index (κ2) is 5.01. The number of hydrogen-bond acceptors (Lipinski definition) is 3. The van der Waals surface area contributed by atoms with Gasteiger partial charge in [0.15, 0.2) is 0 Å². The minimum absolute atomic E-state index is 0.0160. The van der Waals surface area contributed by atoms with Crippen molar-refractivity contribution in [3.05, 3.63) is 23.3 Å². The molecule has 1 aliphatic heterocycles. The quantitative estimate of drug-likeness (QED) is 0.819. The Kier molecular flexibility index (Phi) is 3.57. The molecule has 2 N–H and O–H groups in total. The van der Waals surface area contributed by atoms with Crippen LogP contribution in [0.3, 0.4) is 0 Å². The van der Waals surface area contributed by atoms with E-state index in [-0.39, 0.29) is 18.4 Å². The molecule has 5 heteroatoms. The number of carbonyl (C=O) groups excluding carboxylic acids is 2. The second-order valence-electron chi connectivity index (χ2n) is 4.83. The largest absolute Gasteiger partial charge is 0.322 e. The highest BCUT2D eigenvalue weighted by Crippen LogP contribution is 2.36. The van der Waals surface area contributed by atoms with E-state index in [4.69, 9.17) is 5.73 Å². The predicted octanol–water partition coefficient (Wildman–Crippen LogP) is 0.962. The fourth-order valence-corrected chi connectivity index (χ4v) is 2.42. The summed E-state index contributed by atoms with van der Waals surface area (Å²) in [6.45, 7) is 4.29. The van der Waals surface area contributed by atoms with Crippen LogP contribution in [-0.4, -0.2) is 32.0 Å². The third kappa shape index (κ3) is 2.21. The van der Waals surface area contributed by atoms with E-state index in [2.05, 4.69) is 0 Å². The first-order valence-corrected chi connectivity index (χ1v) is 6.34. The third-order valence-corrected chi connectivity index (χ3v) is 3.71. The van der Waals surface area contributed by atoms with E-state index in [9.17, 15) is 9.59 Å². The first-order chi connectivity index (χ1) is 8.97. The van der Waals surface area contributed by atoms with Gasteiger partial charge in [-0.2, -0.15) is 0 Å². The number of nitrogens with two attached hydrogens (primary N) is 1. The Morgan fingerprint density at radius 1 is 1.37 bits per heavy atom. The number of amides is 2. The van der Waals surface area contributed by atoms with Crippen molar-refractivity contribution in [2.75, 3.05) is 29.9 Å². The highest BCUT2D eigenvalue weighted by atomic mass is 16.2. The van der Waals surface area contributed by atoms with Gasteiger partial charge < -0.3 is 15.5 Å². The van der Waals surface area contributed by atoms with Gasteiger partial charge in [0.2, 0.25) is 11.8 Å². The summed E-state index contributed by atoms with van der Waals surface area (Å²) in [4.78, 5) is 27.3. The Morgan fingerprint density at radius 2 is 2.05 bits per heavy atom. The summed E-state index contributed by atoms with van der Waals surface area (Å²) in [5, 5.41) is 0. The molecule has 0 spiro atoms. The SMILES string of the molecule is Cc1ccc2c(c1C)N(C)C(=O)CCN2C(=O)CN. The molecule has 0 atom stereocenters. The lowest BCUT2D eigenvalue weighted by molar-refractivity contribution is -0.118. The number of nitrogens with zero attached hydrogens (tertiary/aromatic N) is 2. The fraction of sp³-hybridized carbons (Fsp3) is 0.429. The molecule has 2 amide bonds. The van der Waals surface area contributed by atoms with Gasteiger partial charge >= 0.3 is 0 Å². The lowest BCUT2D eigenvalue weighted by Crippen LogP contribution is -2.36. The van der Waals surface area contributed by atoms with Gasteiger partial charge in [-0.3, -0.25) is 9.59 Å². The van der Waals surface area contributed by atoms with Gasteiger partial charge in [0, 0.05) is 20.0 Å². The number of hydrogen-bond donors (Lipinski definition) is 1. The maximum absolute atomic E-state index is 12.1. The molecule has 0 saturated heterocycles. The number of rotatable bonds is 1.